The topological polar surface area (TPSA) is 96.0 Å². The van der Waals surface area contributed by atoms with Gasteiger partial charge in [-0.1, -0.05) is 43.2 Å². The number of urea groups is 1. The van der Waals surface area contributed by atoms with Crippen LogP contribution in [0.2, 0.25) is 0 Å². The summed E-state index contributed by atoms with van der Waals surface area (Å²) in [5.41, 5.74) is -0.607. The van der Waals surface area contributed by atoms with Crippen LogP contribution in [0.15, 0.2) is 30.3 Å². The van der Waals surface area contributed by atoms with Crippen molar-refractivity contribution in [2.75, 3.05) is 19.7 Å². The van der Waals surface area contributed by atoms with Crippen molar-refractivity contribution >= 4 is 23.8 Å². The highest BCUT2D eigenvalue weighted by Gasteiger charge is 2.49. The van der Waals surface area contributed by atoms with E-state index in [0.717, 1.165) is 37.0 Å². The fraction of sp³-hybridized carbons (Fsp3) is 0.565. The van der Waals surface area contributed by atoms with Crippen LogP contribution >= 0.6 is 0 Å². The summed E-state index contributed by atoms with van der Waals surface area (Å²) in [6.45, 7) is 1.42. The molecular formula is C23H29N3O5. The van der Waals surface area contributed by atoms with Gasteiger partial charge in [-0.2, -0.15) is 0 Å². The normalized spacial score (nSPS) is 28.2. The third-order valence-electron chi connectivity index (χ3n) is 6.83. The van der Waals surface area contributed by atoms with E-state index in [9.17, 15) is 19.2 Å². The van der Waals surface area contributed by atoms with Crippen LogP contribution in [-0.4, -0.2) is 59.4 Å². The average molecular weight is 428 g/mol. The van der Waals surface area contributed by atoms with Crippen molar-refractivity contribution < 1.29 is 23.9 Å². The summed E-state index contributed by atoms with van der Waals surface area (Å²) in [7, 11) is 0. The first-order valence-corrected chi connectivity index (χ1v) is 11.0. The maximum atomic E-state index is 12.9. The fourth-order valence-electron chi connectivity index (χ4n) is 5.14. The minimum atomic E-state index is -1.24. The number of carbonyl (C=O) groups excluding carboxylic acids is 4. The van der Waals surface area contributed by atoms with E-state index in [-0.39, 0.29) is 18.6 Å². The Kier molecular flexibility index (Phi) is 5.98. The monoisotopic (exact) mass is 427 g/mol. The zero-order chi connectivity index (χ0) is 22.0. The van der Waals surface area contributed by atoms with Gasteiger partial charge in [0.1, 0.15) is 12.1 Å². The molecule has 3 atom stereocenters. The van der Waals surface area contributed by atoms with E-state index in [2.05, 4.69) is 5.32 Å². The van der Waals surface area contributed by atoms with E-state index in [1.54, 1.807) is 31.2 Å². The number of carbonyl (C=O) groups is 4. The van der Waals surface area contributed by atoms with Crippen molar-refractivity contribution in [1.82, 2.24) is 15.1 Å². The number of esters is 1. The summed E-state index contributed by atoms with van der Waals surface area (Å²) in [5.74, 6) is -0.945. The van der Waals surface area contributed by atoms with E-state index in [1.807, 2.05) is 11.0 Å². The molecule has 1 aromatic rings. The molecule has 4 amide bonds. The number of ether oxygens (including phenoxy) is 1. The third-order valence-corrected chi connectivity index (χ3v) is 6.83. The highest BCUT2D eigenvalue weighted by Crippen LogP contribution is 2.35. The van der Waals surface area contributed by atoms with E-state index in [0.29, 0.717) is 18.0 Å². The van der Waals surface area contributed by atoms with Gasteiger partial charge < -0.3 is 15.0 Å². The lowest BCUT2D eigenvalue weighted by atomic mass is 9.78. The third kappa shape index (κ3) is 4.16. The van der Waals surface area contributed by atoms with Crippen molar-refractivity contribution in [2.45, 2.75) is 57.0 Å². The predicted octanol–water partition coefficient (Wildman–Crippen LogP) is 2.18. The summed E-state index contributed by atoms with van der Waals surface area (Å²) in [6.07, 6.45) is 6.62. The molecule has 4 rings (SSSR count). The second-order valence-corrected chi connectivity index (χ2v) is 8.81. The van der Waals surface area contributed by atoms with Gasteiger partial charge in [-0.25, -0.2) is 4.79 Å². The zero-order valence-corrected chi connectivity index (χ0v) is 17.8. The van der Waals surface area contributed by atoms with Crippen molar-refractivity contribution in [3.05, 3.63) is 35.9 Å². The van der Waals surface area contributed by atoms with E-state index in [4.69, 9.17) is 4.74 Å². The molecule has 8 nitrogen and oxygen atoms in total. The Morgan fingerprint density at radius 1 is 1.10 bits per heavy atom. The van der Waals surface area contributed by atoms with Crippen LogP contribution in [0, 0.1) is 5.92 Å². The molecule has 2 saturated heterocycles. The molecule has 1 aromatic carbocycles. The summed E-state index contributed by atoms with van der Waals surface area (Å²) in [4.78, 5) is 53.0. The number of hydrogen-bond donors (Lipinski definition) is 1. The molecule has 8 heteroatoms. The molecule has 2 heterocycles. The van der Waals surface area contributed by atoms with E-state index < -0.39 is 30.0 Å². The van der Waals surface area contributed by atoms with Gasteiger partial charge in [0.2, 0.25) is 0 Å². The molecule has 1 aliphatic carbocycles. The number of hydrogen-bond acceptors (Lipinski definition) is 5. The molecule has 1 N–H and O–H groups in total. The van der Waals surface area contributed by atoms with Crippen LogP contribution in [0.3, 0.4) is 0 Å². The summed E-state index contributed by atoms with van der Waals surface area (Å²) >= 11 is 0. The minimum Gasteiger partial charge on any atom is -0.454 e. The van der Waals surface area contributed by atoms with Crippen molar-refractivity contribution in [2.24, 2.45) is 5.92 Å². The van der Waals surface area contributed by atoms with Crippen LogP contribution in [0.5, 0.6) is 0 Å². The lowest BCUT2D eigenvalue weighted by molar-refractivity contribution is -0.156. The number of fused-ring (bicyclic) bond motifs is 1. The molecule has 0 radical (unpaired) electrons. The molecule has 31 heavy (non-hydrogen) atoms. The number of nitrogens with zero attached hydrogens (tertiary/aromatic N) is 2. The Bertz CT molecular complexity index is 871. The zero-order valence-electron chi connectivity index (χ0n) is 17.8. The van der Waals surface area contributed by atoms with Crippen molar-refractivity contribution in [1.29, 1.82) is 0 Å². The summed E-state index contributed by atoms with van der Waals surface area (Å²) < 4.78 is 5.17. The van der Waals surface area contributed by atoms with Gasteiger partial charge in [-0.15, -0.1) is 0 Å². The molecule has 0 spiro atoms. The smallest absolute Gasteiger partial charge is 0.326 e. The lowest BCUT2D eigenvalue weighted by Gasteiger charge is -2.44. The minimum absolute atomic E-state index is 0.198. The molecule has 0 aromatic heterocycles. The van der Waals surface area contributed by atoms with E-state index in [1.165, 1.54) is 6.42 Å². The summed E-state index contributed by atoms with van der Waals surface area (Å²) in [5, 5.41) is 2.65. The SMILES string of the molecule is C[C@@]1(c2ccccc2)NC(=O)N(CC(=O)OCC(=O)N2CCC[C@@H]3CCCC[C@@H]32)C1=O. The second-order valence-electron chi connectivity index (χ2n) is 8.81. The highest BCUT2D eigenvalue weighted by atomic mass is 16.5. The maximum Gasteiger partial charge on any atom is 0.326 e. The van der Waals surface area contributed by atoms with Crippen molar-refractivity contribution in [3.63, 3.8) is 0 Å². The molecule has 0 unspecified atom stereocenters. The Hall–Kier alpha value is -2.90. The van der Waals surface area contributed by atoms with Gasteiger partial charge in [-0.05, 0) is 44.1 Å². The fourth-order valence-corrected chi connectivity index (χ4v) is 5.14. The van der Waals surface area contributed by atoms with Gasteiger partial charge in [0.05, 0.1) is 0 Å². The molecule has 0 bridgehead atoms. The Balaban J connectivity index is 1.33. The van der Waals surface area contributed by atoms with Gasteiger partial charge in [0.15, 0.2) is 6.61 Å². The number of likely N-dealkylation sites (tertiary alicyclic amines) is 1. The Morgan fingerprint density at radius 3 is 2.58 bits per heavy atom. The van der Waals surface area contributed by atoms with Crippen LogP contribution in [0.25, 0.3) is 0 Å². The number of benzene rings is 1. The van der Waals surface area contributed by atoms with Crippen LogP contribution in [0.4, 0.5) is 4.79 Å². The molecule has 2 aliphatic heterocycles. The Labute approximate surface area is 181 Å². The van der Waals surface area contributed by atoms with Crippen LogP contribution < -0.4 is 5.32 Å². The number of imide groups is 1. The summed E-state index contributed by atoms with van der Waals surface area (Å²) in [6, 6.07) is 8.45. The second kappa shape index (κ2) is 8.69. The Morgan fingerprint density at radius 2 is 1.81 bits per heavy atom. The van der Waals surface area contributed by atoms with Gasteiger partial charge in [0.25, 0.3) is 11.8 Å². The first-order valence-electron chi connectivity index (χ1n) is 11.0. The predicted molar refractivity (Wildman–Crippen MR) is 112 cm³/mol. The van der Waals surface area contributed by atoms with E-state index >= 15 is 0 Å². The first-order chi connectivity index (χ1) is 14.9. The quantitative estimate of drug-likeness (QED) is 0.574. The average Bonchev–Trinajstić information content (AvgIpc) is 3.01. The number of amides is 4. The standard InChI is InChI=1S/C23H29N3O5/c1-23(17-10-3-2-4-11-17)21(29)26(22(30)24-23)14-20(28)31-15-19(27)25-13-7-9-16-8-5-6-12-18(16)25/h2-4,10-11,16,18H,5-9,12-15H2,1H3,(H,24,30)/t16-,18-,23-/m0/s1. The first kappa shape index (κ1) is 21.3. The van der Waals surface area contributed by atoms with Crippen LogP contribution in [0.1, 0.15) is 51.0 Å². The number of nitrogens with one attached hydrogen (secondary N) is 1. The largest absolute Gasteiger partial charge is 0.454 e. The van der Waals surface area contributed by atoms with Gasteiger partial charge in [-0.3, -0.25) is 19.3 Å². The molecule has 3 fully saturated rings. The number of piperidine rings is 1. The lowest BCUT2D eigenvalue weighted by Crippen LogP contribution is -2.51. The number of rotatable bonds is 5. The molecular weight excluding hydrogens is 398 g/mol. The maximum absolute atomic E-state index is 12.9. The van der Waals surface area contributed by atoms with Gasteiger partial charge in [0, 0.05) is 12.6 Å². The highest BCUT2D eigenvalue weighted by molar-refractivity contribution is 6.08. The molecule has 3 aliphatic rings. The van der Waals surface area contributed by atoms with Crippen molar-refractivity contribution in [3.8, 4) is 0 Å². The van der Waals surface area contributed by atoms with Gasteiger partial charge >= 0.3 is 12.0 Å². The molecule has 166 valence electrons. The van der Waals surface area contributed by atoms with Crippen LogP contribution in [-0.2, 0) is 24.7 Å². The molecule has 1 saturated carbocycles.